The maximum absolute atomic E-state index is 6.00. The van der Waals surface area contributed by atoms with E-state index in [1.807, 2.05) is 0 Å². The molecule has 0 bridgehead atoms. The Kier molecular flexibility index (Phi) is 4.26. The Morgan fingerprint density at radius 2 is 2.29 bits per heavy atom. The molecule has 2 N–H and O–H groups in total. The van der Waals surface area contributed by atoms with Crippen LogP contribution in [0.3, 0.4) is 0 Å². The van der Waals surface area contributed by atoms with Gasteiger partial charge in [-0.1, -0.05) is 13.3 Å². The SMILES string of the molecule is CCc1cc2c(OCC3CCCCN3C)nc(N)nc2s1. The first-order valence-corrected chi connectivity index (χ1v) is 8.38. The van der Waals surface area contributed by atoms with Crippen LogP contribution >= 0.6 is 11.3 Å². The number of rotatable bonds is 4. The molecule has 0 amide bonds. The van der Waals surface area contributed by atoms with E-state index < -0.39 is 0 Å². The molecule has 5 nitrogen and oxygen atoms in total. The molecule has 1 atom stereocenters. The van der Waals surface area contributed by atoms with Crippen molar-refractivity contribution >= 4 is 27.5 Å². The summed E-state index contributed by atoms with van der Waals surface area (Å²) in [5, 5.41) is 0.990. The number of nitrogens with two attached hydrogens (primary N) is 1. The van der Waals surface area contributed by atoms with Crippen molar-refractivity contribution in [3.05, 3.63) is 10.9 Å². The molecule has 114 valence electrons. The topological polar surface area (TPSA) is 64.3 Å². The highest BCUT2D eigenvalue weighted by Gasteiger charge is 2.20. The molecular weight excluding hydrogens is 284 g/mol. The molecule has 21 heavy (non-hydrogen) atoms. The van der Waals surface area contributed by atoms with E-state index in [-0.39, 0.29) is 0 Å². The van der Waals surface area contributed by atoms with Crippen LogP contribution in [0.4, 0.5) is 5.95 Å². The molecule has 2 aromatic rings. The number of aromatic nitrogens is 2. The van der Waals surface area contributed by atoms with E-state index >= 15 is 0 Å². The van der Waals surface area contributed by atoms with Crippen molar-refractivity contribution in [3.8, 4) is 5.88 Å². The highest BCUT2D eigenvalue weighted by atomic mass is 32.1. The smallest absolute Gasteiger partial charge is 0.227 e. The summed E-state index contributed by atoms with van der Waals surface area (Å²) < 4.78 is 6.00. The monoisotopic (exact) mass is 306 g/mol. The summed E-state index contributed by atoms with van der Waals surface area (Å²) in [5.41, 5.74) is 5.81. The van der Waals surface area contributed by atoms with Gasteiger partial charge in [-0.3, -0.25) is 0 Å². The first kappa shape index (κ1) is 14.5. The number of ether oxygens (including phenoxy) is 1. The summed E-state index contributed by atoms with van der Waals surface area (Å²) in [6.07, 6.45) is 4.73. The molecule has 1 saturated heterocycles. The number of nitrogens with zero attached hydrogens (tertiary/aromatic N) is 3. The lowest BCUT2D eigenvalue weighted by Crippen LogP contribution is -2.40. The van der Waals surface area contributed by atoms with E-state index in [9.17, 15) is 0 Å². The number of nitrogen functional groups attached to an aromatic ring is 1. The summed E-state index contributed by atoms with van der Waals surface area (Å²) in [4.78, 5) is 13.2. The standard InChI is InChI=1S/C15H22N4OS/c1-3-11-8-12-13(17-15(16)18-14(12)21-11)20-9-10-6-4-5-7-19(10)2/h8,10H,3-7,9H2,1-2H3,(H2,16,17,18). The van der Waals surface area contributed by atoms with Gasteiger partial charge in [-0.25, -0.2) is 4.98 Å². The van der Waals surface area contributed by atoms with Crippen molar-refractivity contribution < 1.29 is 4.74 Å². The third-order valence-corrected chi connectivity index (χ3v) is 5.28. The van der Waals surface area contributed by atoms with Crippen LogP contribution in [0.2, 0.25) is 0 Å². The number of thiophene rings is 1. The number of aryl methyl sites for hydroxylation is 1. The lowest BCUT2D eigenvalue weighted by atomic mass is 10.0. The van der Waals surface area contributed by atoms with Gasteiger partial charge in [-0.2, -0.15) is 4.98 Å². The van der Waals surface area contributed by atoms with Gasteiger partial charge >= 0.3 is 0 Å². The van der Waals surface area contributed by atoms with Crippen LogP contribution in [-0.4, -0.2) is 41.1 Å². The van der Waals surface area contributed by atoms with Gasteiger partial charge in [0, 0.05) is 10.9 Å². The second-order valence-corrected chi connectivity index (χ2v) is 6.73. The number of hydrogen-bond donors (Lipinski definition) is 1. The number of anilines is 1. The number of hydrogen-bond acceptors (Lipinski definition) is 6. The summed E-state index contributed by atoms with van der Waals surface area (Å²) in [7, 11) is 2.16. The fourth-order valence-electron chi connectivity index (χ4n) is 2.77. The number of likely N-dealkylation sites (tertiary alicyclic amines) is 1. The highest BCUT2D eigenvalue weighted by Crippen LogP contribution is 2.31. The van der Waals surface area contributed by atoms with Gasteiger partial charge in [-0.15, -0.1) is 11.3 Å². The van der Waals surface area contributed by atoms with Crippen molar-refractivity contribution in [3.63, 3.8) is 0 Å². The summed E-state index contributed by atoms with van der Waals surface area (Å²) in [5.74, 6) is 0.923. The molecule has 1 aliphatic heterocycles. The van der Waals surface area contributed by atoms with E-state index in [1.54, 1.807) is 11.3 Å². The Labute approximate surface area is 129 Å². The lowest BCUT2D eigenvalue weighted by molar-refractivity contribution is 0.123. The minimum atomic E-state index is 0.291. The van der Waals surface area contributed by atoms with E-state index in [0.717, 1.165) is 23.2 Å². The molecule has 1 fully saturated rings. The molecule has 1 aliphatic rings. The molecule has 1 unspecified atom stereocenters. The predicted molar refractivity (Wildman–Crippen MR) is 87.0 cm³/mol. The average molecular weight is 306 g/mol. The zero-order valence-electron chi connectivity index (χ0n) is 12.6. The van der Waals surface area contributed by atoms with E-state index in [0.29, 0.717) is 24.5 Å². The molecule has 0 aromatic carbocycles. The summed E-state index contributed by atoms with van der Waals surface area (Å²) in [6.45, 7) is 3.95. The molecule has 0 aliphatic carbocycles. The maximum atomic E-state index is 6.00. The lowest BCUT2D eigenvalue weighted by Gasteiger charge is -2.32. The third-order valence-electron chi connectivity index (χ3n) is 4.11. The molecule has 2 aromatic heterocycles. The van der Waals surface area contributed by atoms with Crippen LogP contribution in [0.1, 0.15) is 31.1 Å². The summed E-state index contributed by atoms with van der Waals surface area (Å²) >= 11 is 1.67. The fraction of sp³-hybridized carbons (Fsp3) is 0.600. The second-order valence-electron chi connectivity index (χ2n) is 5.61. The molecule has 6 heteroatoms. The van der Waals surface area contributed by atoms with Crippen LogP contribution in [0.25, 0.3) is 10.2 Å². The third kappa shape index (κ3) is 3.11. The Morgan fingerprint density at radius 3 is 3.05 bits per heavy atom. The van der Waals surface area contributed by atoms with Crippen LogP contribution in [0.15, 0.2) is 6.07 Å². The first-order chi connectivity index (χ1) is 10.2. The maximum Gasteiger partial charge on any atom is 0.227 e. The van der Waals surface area contributed by atoms with Gasteiger partial charge in [-0.05, 0) is 38.9 Å². The van der Waals surface area contributed by atoms with E-state index in [4.69, 9.17) is 10.5 Å². The number of likely N-dealkylation sites (N-methyl/N-ethyl adjacent to an activating group) is 1. The first-order valence-electron chi connectivity index (χ1n) is 7.56. The van der Waals surface area contributed by atoms with Crippen LogP contribution in [0.5, 0.6) is 5.88 Å². The highest BCUT2D eigenvalue weighted by molar-refractivity contribution is 7.18. The Balaban J connectivity index is 1.80. The molecule has 0 spiro atoms. The van der Waals surface area contributed by atoms with Gasteiger partial charge in [0.2, 0.25) is 11.8 Å². The van der Waals surface area contributed by atoms with Gasteiger partial charge in [0.25, 0.3) is 0 Å². The number of fused-ring (bicyclic) bond motifs is 1. The average Bonchev–Trinajstić information content (AvgIpc) is 2.89. The van der Waals surface area contributed by atoms with Crippen molar-refractivity contribution in [2.75, 3.05) is 25.9 Å². The molecule has 3 heterocycles. The van der Waals surface area contributed by atoms with Gasteiger partial charge < -0.3 is 15.4 Å². The van der Waals surface area contributed by atoms with Crippen LogP contribution in [0, 0.1) is 0 Å². The molecule has 0 radical (unpaired) electrons. The Hall–Kier alpha value is -1.40. The fourth-order valence-corrected chi connectivity index (χ4v) is 3.74. The largest absolute Gasteiger partial charge is 0.475 e. The van der Waals surface area contributed by atoms with Gasteiger partial charge in [0.1, 0.15) is 11.4 Å². The minimum absolute atomic E-state index is 0.291. The van der Waals surface area contributed by atoms with Crippen molar-refractivity contribution in [2.45, 2.75) is 38.6 Å². The van der Waals surface area contributed by atoms with Crippen molar-refractivity contribution in [1.29, 1.82) is 0 Å². The van der Waals surface area contributed by atoms with Crippen LogP contribution < -0.4 is 10.5 Å². The van der Waals surface area contributed by atoms with Gasteiger partial charge in [0.15, 0.2) is 0 Å². The van der Waals surface area contributed by atoms with Crippen molar-refractivity contribution in [1.82, 2.24) is 14.9 Å². The Morgan fingerprint density at radius 1 is 1.43 bits per heavy atom. The molecule has 0 saturated carbocycles. The second kappa shape index (κ2) is 6.15. The Bertz CT molecular complexity index is 627. The van der Waals surface area contributed by atoms with Crippen LogP contribution in [-0.2, 0) is 6.42 Å². The summed E-state index contributed by atoms with van der Waals surface area (Å²) in [6, 6.07) is 2.59. The number of piperidine rings is 1. The van der Waals surface area contributed by atoms with E-state index in [2.05, 4.69) is 34.9 Å². The minimum Gasteiger partial charge on any atom is -0.475 e. The predicted octanol–water partition coefficient (Wildman–Crippen LogP) is 2.70. The van der Waals surface area contributed by atoms with Crippen molar-refractivity contribution in [2.24, 2.45) is 0 Å². The normalized spacial score (nSPS) is 20.0. The van der Waals surface area contributed by atoms with E-state index in [1.165, 1.54) is 24.1 Å². The molecule has 3 rings (SSSR count). The van der Waals surface area contributed by atoms with Gasteiger partial charge in [0.05, 0.1) is 5.39 Å². The zero-order valence-corrected chi connectivity index (χ0v) is 13.4. The zero-order chi connectivity index (χ0) is 14.8. The molecular formula is C15H22N4OS. The quantitative estimate of drug-likeness (QED) is 0.941.